The molecule has 3 nitrogen and oxygen atoms in total. The van der Waals surface area contributed by atoms with E-state index in [0.717, 1.165) is 45.4 Å². The van der Waals surface area contributed by atoms with Crippen LogP contribution in [0.4, 0.5) is 0 Å². The van der Waals surface area contributed by atoms with Gasteiger partial charge in [0.05, 0.1) is 11.2 Å². The topological polar surface area (TPSA) is 41.5 Å². The molecule has 3 aliphatic rings. The molecule has 1 saturated carbocycles. The summed E-state index contributed by atoms with van der Waals surface area (Å²) < 4.78 is 5.94. The monoisotopic (exact) mass is 225 g/mol. The first-order valence-corrected chi connectivity index (χ1v) is 6.80. The Labute approximate surface area is 97.6 Å². The fraction of sp³-hybridized carbons (Fsp3) is 1.00. The number of hydrogen-bond donors (Lipinski definition) is 2. The smallest absolute Gasteiger partial charge is 0.0801 e. The largest absolute Gasteiger partial charge is 0.388 e. The van der Waals surface area contributed by atoms with Crippen molar-refractivity contribution >= 4 is 0 Å². The normalized spacial score (nSPS) is 42.9. The van der Waals surface area contributed by atoms with E-state index in [1.54, 1.807) is 0 Å². The predicted octanol–water partition coefficient (Wildman–Crippen LogP) is 1.45. The van der Waals surface area contributed by atoms with Gasteiger partial charge in [-0.3, -0.25) is 0 Å². The van der Waals surface area contributed by atoms with Crippen molar-refractivity contribution in [2.45, 2.75) is 56.1 Å². The van der Waals surface area contributed by atoms with Crippen LogP contribution in [0.5, 0.6) is 0 Å². The van der Waals surface area contributed by atoms with Gasteiger partial charge in [-0.15, -0.1) is 0 Å². The fourth-order valence-electron chi connectivity index (χ4n) is 3.67. The minimum atomic E-state index is -0.454. The lowest BCUT2D eigenvalue weighted by molar-refractivity contribution is -0.178. The van der Waals surface area contributed by atoms with Crippen LogP contribution in [0.1, 0.15) is 44.9 Å². The number of rotatable bonds is 1. The van der Waals surface area contributed by atoms with Gasteiger partial charge in [0.2, 0.25) is 0 Å². The molecule has 2 unspecified atom stereocenters. The average Bonchev–Trinajstić information content (AvgIpc) is 2.28. The molecule has 2 atom stereocenters. The van der Waals surface area contributed by atoms with Gasteiger partial charge in [0, 0.05) is 13.2 Å². The molecule has 0 aromatic rings. The second-order valence-corrected chi connectivity index (χ2v) is 5.96. The van der Waals surface area contributed by atoms with Crippen LogP contribution in [-0.2, 0) is 4.74 Å². The average molecular weight is 225 g/mol. The van der Waals surface area contributed by atoms with Crippen LogP contribution >= 0.6 is 0 Å². The number of β-amino-alcohol motifs (C(OH)–C–C–N with tert-alkyl or cyclic N) is 1. The van der Waals surface area contributed by atoms with Gasteiger partial charge >= 0.3 is 0 Å². The molecule has 16 heavy (non-hydrogen) atoms. The van der Waals surface area contributed by atoms with Crippen molar-refractivity contribution in [1.29, 1.82) is 0 Å². The number of ether oxygens (including phenoxy) is 1. The second-order valence-electron chi connectivity index (χ2n) is 5.96. The maximum absolute atomic E-state index is 10.7. The van der Waals surface area contributed by atoms with Crippen molar-refractivity contribution in [3.05, 3.63) is 0 Å². The van der Waals surface area contributed by atoms with Gasteiger partial charge in [0.25, 0.3) is 0 Å². The molecule has 3 fully saturated rings. The van der Waals surface area contributed by atoms with Crippen LogP contribution in [0.2, 0.25) is 0 Å². The Morgan fingerprint density at radius 2 is 2.06 bits per heavy atom. The SMILES string of the molecule is OC1(C2CCOC3(CCC3)C2)CCCNC1. The molecule has 2 saturated heterocycles. The third kappa shape index (κ3) is 1.79. The number of aliphatic hydroxyl groups is 1. The Morgan fingerprint density at radius 3 is 2.69 bits per heavy atom. The van der Waals surface area contributed by atoms with Crippen molar-refractivity contribution in [3.63, 3.8) is 0 Å². The zero-order valence-electron chi connectivity index (χ0n) is 10.0. The second kappa shape index (κ2) is 3.97. The number of nitrogens with one attached hydrogen (secondary N) is 1. The molecule has 0 aromatic carbocycles. The zero-order valence-corrected chi connectivity index (χ0v) is 10.0. The van der Waals surface area contributed by atoms with E-state index >= 15 is 0 Å². The summed E-state index contributed by atoms with van der Waals surface area (Å²) in [4.78, 5) is 0. The van der Waals surface area contributed by atoms with E-state index in [2.05, 4.69) is 5.32 Å². The van der Waals surface area contributed by atoms with Gasteiger partial charge in [-0.1, -0.05) is 0 Å². The van der Waals surface area contributed by atoms with Gasteiger partial charge < -0.3 is 15.2 Å². The summed E-state index contributed by atoms with van der Waals surface area (Å²) in [5.41, 5.74) is -0.291. The van der Waals surface area contributed by atoms with E-state index in [4.69, 9.17) is 4.74 Å². The molecular formula is C13H23NO2. The summed E-state index contributed by atoms with van der Waals surface area (Å²) in [7, 11) is 0. The van der Waals surface area contributed by atoms with Crippen molar-refractivity contribution in [3.8, 4) is 0 Å². The molecule has 1 aliphatic carbocycles. The molecule has 0 radical (unpaired) electrons. The summed E-state index contributed by atoms with van der Waals surface area (Å²) in [5.74, 6) is 0.453. The predicted molar refractivity (Wildman–Crippen MR) is 62.3 cm³/mol. The third-order valence-corrected chi connectivity index (χ3v) is 4.91. The third-order valence-electron chi connectivity index (χ3n) is 4.91. The van der Waals surface area contributed by atoms with E-state index in [1.165, 1.54) is 19.3 Å². The van der Waals surface area contributed by atoms with Gasteiger partial charge in [0.1, 0.15) is 0 Å². The molecule has 2 N–H and O–H groups in total. The molecule has 0 amide bonds. The molecule has 2 aliphatic heterocycles. The van der Waals surface area contributed by atoms with E-state index in [9.17, 15) is 5.11 Å². The summed E-state index contributed by atoms with van der Waals surface area (Å²) >= 11 is 0. The van der Waals surface area contributed by atoms with Crippen molar-refractivity contribution in [1.82, 2.24) is 5.32 Å². The van der Waals surface area contributed by atoms with Crippen LogP contribution in [0.15, 0.2) is 0 Å². The van der Waals surface area contributed by atoms with Crippen molar-refractivity contribution < 1.29 is 9.84 Å². The summed E-state index contributed by atoms with van der Waals surface area (Å²) in [6.45, 7) is 2.71. The van der Waals surface area contributed by atoms with E-state index in [1.807, 2.05) is 0 Å². The molecule has 2 heterocycles. The molecular weight excluding hydrogens is 202 g/mol. The maximum Gasteiger partial charge on any atom is 0.0801 e. The first-order chi connectivity index (χ1) is 7.73. The molecule has 92 valence electrons. The minimum Gasteiger partial charge on any atom is -0.388 e. The quantitative estimate of drug-likeness (QED) is 0.709. The van der Waals surface area contributed by atoms with Crippen molar-refractivity contribution in [2.24, 2.45) is 5.92 Å². The van der Waals surface area contributed by atoms with Gasteiger partial charge in [-0.05, 0) is 57.4 Å². The van der Waals surface area contributed by atoms with Crippen LogP contribution in [-0.4, -0.2) is 36.0 Å². The standard InChI is InChI=1S/C13H23NO2/c15-13(6-2-7-14-10-13)11-3-8-16-12(9-11)4-1-5-12/h11,14-15H,1-10H2. The van der Waals surface area contributed by atoms with Crippen LogP contribution in [0.3, 0.4) is 0 Å². The van der Waals surface area contributed by atoms with E-state index in [-0.39, 0.29) is 5.60 Å². The van der Waals surface area contributed by atoms with E-state index < -0.39 is 5.60 Å². The Morgan fingerprint density at radius 1 is 1.19 bits per heavy atom. The first-order valence-electron chi connectivity index (χ1n) is 6.80. The molecule has 1 spiro atoms. The lowest BCUT2D eigenvalue weighted by atomic mass is 9.66. The highest BCUT2D eigenvalue weighted by atomic mass is 16.5. The summed E-state index contributed by atoms with van der Waals surface area (Å²) in [6.07, 6.45) is 7.95. The maximum atomic E-state index is 10.7. The fourth-order valence-corrected chi connectivity index (χ4v) is 3.67. The molecule has 0 bridgehead atoms. The van der Waals surface area contributed by atoms with Crippen LogP contribution in [0, 0.1) is 5.92 Å². The van der Waals surface area contributed by atoms with Gasteiger partial charge in [-0.25, -0.2) is 0 Å². The molecule has 0 aromatic heterocycles. The molecule has 3 rings (SSSR count). The number of piperidine rings is 1. The molecule has 3 heteroatoms. The van der Waals surface area contributed by atoms with E-state index in [0.29, 0.717) is 5.92 Å². The highest BCUT2D eigenvalue weighted by Gasteiger charge is 2.48. The Kier molecular flexibility index (Phi) is 2.73. The van der Waals surface area contributed by atoms with Crippen LogP contribution < -0.4 is 5.32 Å². The Bertz CT molecular complexity index is 257. The Hall–Kier alpha value is -0.120. The highest BCUT2D eigenvalue weighted by Crippen LogP contribution is 2.47. The van der Waals surface area contributed by atoms with Crippen LogP contribution in [0.25, 0.3) is 0 Å². The van der Waals surface area contributed by atoms with Gasteiger partial charge in [0.15, 0.2) is 0 Å². The van der Waals surface area contributed by atoms with Crippen molar-refractivity contribution in [2.75, 3.05) is 19.7 Å². The highest BCUT2D eigenvalue weighted by molar-refractivity contribution is 5.01. The first kappa shape index (κ1) is 11.0. The number of hydrogen-bond acceptors (Lipinski definition) is 3. The summed E-state index contributed by atoms with van der Waals surface area (Å²) in [6, 6.07) is 0. The Balaban J connectivity index is 1.68. The summed E-state index contributed by atoms with van der Waals surface area (Å²) in [5, 5.41) is 14.1. The minimum absolute atomic E-state index is 0.163. The lowest BCUT2D eigenvalue weighted by Crippen LogP contribution is -2.56. The van der Waals surface area contributed by atoms with Gasteiger partial charge in [-0.2, -0.15) is 0 Å². The zero-order chi connectivity index (χ0) is 11.1. The lowest BCUT2D eigenvalue weighted by Gasteiger charge is -2.51.